The van der Waals surface area contributed by atoms with Gasteiger partial charge < -0.3 is 4.74 Å². The Kier molecular flexibility index (Phi) is 4.72. The van der Waals surface area contributed by atoms with E-state index < -0.39 is 10.0 Å². The summed E-state index contributed by atoms with van der Waals surface area (Å²) in [7, 11) is -3.45. The fourth-order valence-electron chi connectivity index (χ4n) is 1.18. The summed E-state index contributed by atoms with van der Waals surface area (Å²) in [5.41, 5.74) is 0.763. The first-order chi connectivity index (χ1) is 7.95. The number of sulfonamides is 1. The minimum absolute atomic E-state index is 0.224. The third-order valence-electron chi connectivity index (χ3n) is 2.01. The van der Waals surface area contributed by atoms with Crippen molar-refractivity contribution in [1.29, 1.82) is 0 Å². The average Bonchev–Trinajstić information content (AvgIpc) is 2.28. The quantitative estimate of drug-likeness (QED) is 0.790. The fourth-order valence-corrected chi connectivity index (χ4v) is 2.28. The highest BCUT2D eigenvalue weighted by atomic mass is 32.2. The zero-order valence-corrected chi connectivity index (χ0v) is 10.9. The van der Waals surface area contributed by atoms with Gasteiger partial charge in [-0.1, -0.05) is 12.2 Å². The Bertz CT molecular complexity index is 477. The van der Waals surface area contributed by atoms with Gasteiger partial charge in [0.05, 0.1) is 11.5 Å². The lowest BCUT2D eigenvalue weighted by Gasteiger charge is -2.07. The summed E-state index contributed by atoms with van der Waals surface area (Å²) in [6.07, 6.45) is 0. The minimum atomic E-state index is -3.45. The molecule has 1 rings (SSSR count). The van der Waals surface area contributed by atoms with Gasteiger partial charge >= 0.3 is 0 Å². The molecule has 0 aliphatic rings. The lowest BCUT2D eigenvalue weighted by atomic mass is 10.3. The summed E-state index contributed by atoms with van der Waals surface area (Å²) in [6, 6.07) is 6.31. The highest BCUT2D eigenvalue weighted by molar-refractivity contribution is 7.89. The van der Waals surface area contributed by atoms with E-state index in [2.05, 4.69) is 11.3 Å². The molecule has 0 spiro atoms. The van der Waals surface area contributed by atoms with Gasteiger partial charge in [0.2, 0.25) is 10.0 Å². The van der Waals surface area contributed by atoms with E-state index in [9.17, 15) is 8.42 Å². The van der Waals surface area contributed by atoms with Crippen molar-refractivity contribution in [3.8, 4) is 5.75 Å². The molecule has 0 bridgehead atoms. The first-order valence-corrected chi connectivity index (χ1v) is 6.81. The first kappa shape index (κ1) is 13.7. The molecule has 0 saturated carbocycles. The zero-order valence-electron chi connectivity index (χ0n) is 10.1. The minimum Gasteiger partial charge on any atom is -0.494 e. The number of nitrogens with one attached hydrogen (secondary N) is 1. The van der Waals surface area contributed by atoms with E-state index in [4.69, 9.17) is 4.74 Å². The average molecular weight is 255 g/mol. The van der Waals surface area contributed by atoms with Crippen LogP contribution >= 0.6 is 0 Å². The van der Waals surface area contributed by atoms with Gasteiger partial charge in [-0.2, -0.15) is 0 Å². The van der Waals surface area contributed by atoms with E-state index in [1.807, 2.05) is 6.92 Å². The van der Waals surface area contributed by atoms with Crippen LogP contribution in [0.4, 0.5) is 0 Å². The molecule has 0 amide bonds. The number of hydrogen-bond donors (Lipinski definition) is 1. The number of ether oxygens (including phenoxy) is 1. The molecule has 1 aromatic rings. The number of hydrogen-bond acceptors (Lipinski definition) is 3. The molecular formula is C12H17NO3S. The summed E-state index contributed by atoms with van der Waals surface area (Å²) in [5.74, 6) is 0.659. The Hall–Kier alpha value is -1.33. The van der Waals surface area contributed by atoms with Gasteiger partial charge in [-0.3, -0.25) is 0 Å². The van der Waals surface area contributed by atoms with Crippen molar-refractivity contribution in [2.24, 2.45) is 0 Å². The van der Waals surface area contributed by atoms with Gasteiger partial charge in [-0.25, -0.2) is 13.1 Å². The molecule has 1 aromatic carbocycles. The second kappa shape index (κ2) is 5.84. The van der Waals surface area contributed by atoms with Crippen LogP contribution in [-0.2, 0) is 10.0 Å². The summed E-state index contributed by atoms with van der Waals surface area (Å²) >= 11 is 0. The molecule has 5 heteroatoms. The zero-order chi connectivity index (χ0) is 12.9. The van der Waals surface area contributed by atoms with Crippen molar-refractivity contribution in [3.05, 3.63) is 36.4 Å². The van der Waals surface area contributed by atoms with Gasteiger partial charge in [0, 0.05) is 6.54 Å². The Balaban J connectivity index is 2.81. The fraction of sp³-hybridized carbons (Fsp3) is 0.333. The molecule has 0 aromatic heterocycles. The molecule has 0 aliphatic carbocycles. The predicted molar refractivity (Wildman–Crippen MR) is 67.6 cm³/mol. The Morgan fingerprint density at radius 1 is 1.35 bits per heavy atom. The lowest BCUT2D eigenvalue weighted by molar-refractivity contribution is 0.340. The maximum atomic E-state index is 11.8. The molecule has 94 valence electrons. The smallest absolute Gasteiger partial charge is 0.240 e. The molecule has 0 radical (unpaired) electrons. The monoisotopic (exact) mass is 255 g/mol. The normalized spacial score (nSPS) is 11.2. The third kappa shape index (κ3) is 4.20. The van der Waals surface area contributed by atoms with Gasteiger partial charge in [0.15, 0.2) is 0 Å². The first-order valence-electron chi connectivity index (χ1n) is 5.32. The number of benzene rings is 1. The highest BCUT2D eigenvalue weighted by Crippen LogP contribution is 2.15. The second-order valence-electron chi connectivity index (χ2n) is 3.69. The summed E-state index contributed by atoms with van der Waals surface area (Å²) in [5, 5.41) is 0. The largest absolute Gasteiger partial charge is 0.494 e. The Labute approximate surface area is 102 Å². The van der Waals surface area contributed by atoms with Crippen LogP contribution in [0.3, 0.4) is 0 Å². The van der Waals surface area contributed by atoms with E-state index in [0.717, 1.165) is 5.57 Å². The molecule has 0 fully saturated rings. The third-order valence-corrected chi connectivity index (χ3v) is 3.43. The van der Waals surface area contributed by atoms with Gasteiger partial charge in [0.25, 0.3) is 0 Å². The molecule has 0 saturated heterocycles. The molecule has 0 heterocycles. The second-order valence-corrected chi connectivity index (χ2v) is 5.45. The highest BCUT2D eigenvalue weighted by Gasteiger charge is 2.12. The van der Waals surface area contributed by atoms with Crippen LogP contribution < -0.4 is 9.46 Å². The molecule has 17 heavy (non-hydrogen) atoms. The van der Waals surface area contributed by atoms with Gasteiger partial charge in [-0.05, 0) is 38.1 Å². The summed E-state index contributed by atoms with van der Waals surface area (Å²) in [6.45, 7) is 8.08. The number of rotatable bonds is 6. The van der Waals surface area contributed by atoms with E-state index in [-0.39, 0.29) is 11.4 Å². The van der Waals surface area contributed by atoms with Crippen LogP contribution in [0, 0.1) is 0 Å². The molecule has 4 nitrogen and oxygen atoms in total. The summed E-state index contributed by atoms with van der Waals surface area (Å²) in [4.78, 5) is 0.224. The molecular weight excluding hydrogens is 238 g/mol. The van der Waals surface area contributed by atoms with Crippen LogP contribution in [0.15, 0.2) is 41.3 Å². The van der Waals surface area contributed by atoms with E-state index in [0.29, 0.717) is 12.4 Å². The van der Waals surface area contributed by atoms with Crippen molar-refractivity contribution >= 4 is 10.0 Å². The topological polar surface area (TPSA) is 55.4 Å². The van der Waals surface area contributed by atoms with E-state index >= 15 is 0 Å². The van der Waals surface area contributed by atoms with Crippen molar-refractivity contribution < 1.29 is 13.2 Å². The van der Waals surface area contributed by atoms with Crippen molar-refractivity contribution in [2.75, 3.05) is 13.2 Å². The van der Waals surface area contributed by atoms with Crippen LogP contribution in [-0.4, -0.2) is 21.6 Å². The molecule has 0 atom stereocenters. The van der Waals surface area contributed by atoms with E-state index in [1.165, 1.54) is 12.1 Å². The van der Waals surface area contributed by atoms with Gasteiger partial charge in [0.1, 0.15) is 5.75 Å². The summed E-state index contributed by atoms with van der Waals surface area (Å²) < 4.78 is 31.3. The lowest BCUT2D eigenvalue weighted by Crippen LogP contribution is -2.25. The SMILES string of the molecule is C=C(C)CNS(=O)(=O)c1ccc(OCC)cc1. The van der Waals surface area contributed by atoms with E-state index in [1.54, 1.807) is 19.1 Å². The standard InChI is InChI=1S/C12H17NO3S/c1-4-16-11-5-7-12(8-6-11)17(14,15)13-9-10(2)3/h5-8,13H,2,4,9H2,1,3H3. The van der Waals surface area contributed by atoms with Crippen LogP contribution in [0.1, 0.15) is 13.8 Å². The Morgan fingerprint density at radius 2 is 1.94 bits per heavy atom. The molecule has 1 N–H and O–H groups in total. The van der Waals surface area contributed by atoms with Crippen molar-refractivity contribution in [1.82, 2.24) is 4.72 Å². The van der Waals surface area contributed by atoms with Crippen LogP contribution in [0.25, 0.3) is 0 Å². The van der Waals surface area contributed by atoms with Crippen molar-refractivity contribution in [3.63, 3.8) is 0 Å². The van der Waals surface area contributed by atoms with Gasteiger partial charge in [-0.15, -0.1) is 0 Å². The van der Waals surface area contributed by atoms with Crippen molar-refractivity contribution in [2.45, 2.75) is 18.7 Å². The predicted octanol–water partition coefficient (Wildman–Crippen LogP) is 1.94. The van der Waals surface area contributed by atoms with Crippen LogP contribution in [0.5, 0.6) is 5.75 Å². The maximum absolute atomic E-state index is 11.8. The molecule has 0 aliphatic heterocycles. The molecule has 0 unspecified atom stereocenters. The van der Waals surface area contributed by atoms with Crippen LogP contribution in [0.2, 0.25) is 0 Å². The Morgan fingerprint density at radius 3 is 2.41 bits per heavy atom. The maximum Gasteiger partial charge on any atom is 0.240 e.